The molecule has 0 aliphatic heterocycles. The van der Waals surface area contributed by atoms with Gasteiger partial charge in [0.25, 0.3) is 0 Å². The maximum Gasteiger partial charge on any atom is 0.123 e. The molecule has 3 heteroatoms. The van der Waals surface area contributed by atoms with Gasteiger partial charge in [0.1, 0.15) is 5.82 Å². The molecule has 0 heterocycles. The van der Waals surface area contributed by atoms with Crippen LogP contribution in [0.25, 0.3) is 0 Å². The van der Waals surface area contributed by atoms with Crippen LogP contribution in [0.5, 0.6) is 0 Å². The molecule has 18 heavy (non-hydrogen) atoms. The number of ether oxygens (including phenoxy) is 1. The van der Waals surface area contributed by atoms with Crippen LogP contribution in [0.4, 0.5) is 4.39 Å². The van der Waals surface area contributed by atoms with Crippen molar-refractivity contribution >= 4 is 15.9 Å². The standard InChI is InChI=1S/C15H22BrFO/c1-2-3-9-18-10-8-14(12-16)11-13-4-6-15(17)7-5-13/h4-7,14H,2-3,8-12H2,1H3. The number of hydrogen-bond donors (Lipinski definition) is 0. The lowest BCUT2D eigenvalue weighted by Gasteiger charge is -2.14. The summed E-state index contributed by atoms with van der Waals surface area (Å²) in [6.07, 6.45) is 4.34. The predicted molar refractivity (Wildman–Crippen MR) is 77.7 cm³/mol. The molecule has 1 rings (SSSR count). The van der Waals surface area contributed by atoms with Crippen molar-refractivity contribution in [1.82, 2.24) is 0 Å². The molecule has 1 aromatic rings. The lowest BCUT2D eigenvalue weighted by atomic mass is 9.98. The first-order valence-electron chi connectivity index (χ1n) is 6.64. The summed E-state index contributed by atoms with van der Waals surface area (Å²) in [4.78, 5) is 0. The Morgan fingerprint density at radius 1 is 1.22 bits per heavy atom. The van der Waals surface area contributed by atoms with E-state index < -0.39 is 0 Å². The SMILES string of the molecule is CCCCOCCC(CBr)Cc1ccc(F)cc1. The summed E-state index contributed by atoms with van der Waals surface area (Å²) in [5.41, 5.74) is 1.19. The van der Waals surface area contributed by atoms with E-state index in [0.717, 1.165) is 37.8 Å². The van der Waals surface area contributed by atoms with Gasteiger partial charge < -0.3 is 4.74 Å². The second-order valence-electron chi connectivity index (χ2n) is 4.61. The van der Waals surface area contributed by atoms with Crippen molar-refractivity contribution in [2.24, 2.45) is 5.92 Å². The molecule has 0 amide bonds. The number of benzene rings is 1. The zero-order chi connectivity index (χ0) is 13.2. The van der Waals surface area contributed by atoms with E-state index in [1.54, 1.807) is 0 Å². The van der Waals surface area contributed by atoms with Gasteiger partial charge in [-0.1, -0.05) is 41.4 Å². The lowest BCUT2D eigenvalue weighted by Crippen LogP contribution is -2.10. The molecule has 0 aliphatic rings. The van der Waals surface area contributed by atoms with Crippen molar-refractivity contribution in [2.75, 3.05) is 18.5 Å². The van der Waals surface area contributed by atoms with E-state index in [9.17, 15) is 4.39 Å². The zero-order valence-corrected chi connectivity index (χ0v) is 12.6. The molecule has 0 aromatic heterocycles. The van der Waals surface area contributed by atoms with Crippen LogP contribution in [0.1, 0.15) is 31.7 Å². The predicted octanol–water partition coefficient (Wildman–Crippen LogP) is 4.59. The van der Waals surface area contributed by atoms with Crippen LogP contribution in [0.3, 0.4) is 0 Å². The Balaban J connectivity index is 2.26. The lowest BCUT2D eigenvalue weighted by molar-refractivity contribution is 0.120. The zero-order valence-electron chi connectivity index (χ0n) is 11.0. The van der Waals surface area contributed by atoms with E-state index in [4.69, 9.17) is 4.74 Å². The van der Waals surface area contributed by atoms with Crippen molar-refractivity contribution in [3.05, 3.63) is 35.6 Å². The maximum atomic E-state index is 12.8. The van der Waals surface area contributed by atoms with Crippen LogP contribution < -0.4 is 0 Å². The van der Waals surface area contributed by atoms with Crippen LogP contribution in [0.15, 0.2) is 24.3 Å². The molecular weight excluding hydrogens is 295 g/mol. The Labute approximate surface area is 118 Å². The topological polar surface area (TPSA) is 9.23 Å². The van der Waals surface area contributed by atoms with E-state index in [1.807, 2.05) is 12.1 Å². The molecule has 102 valence electrons. The smallest absolute Gasteiger partial charge is 0.123 e. The van der Waals surface area contributed by atoms with E-state index in [-0.39, 0.29) is 5.82 Å². The van der Waals surface area contributed by atoms with Crippen molar-refractivity contribution in [3.63, 3.8) is 0 Å². The van der Waals surface area contributed by atoms with Crippen LogP contribution in [0.2, 0.25) is 0 Å². The molecule has 1 atom stereocenters. The Kier molecular flexibility index (Phi) is 8.27. The number of rotatable bonds is 9. The molecule has 1 aromatic carbocycles. The summed E-state index contributed by atoms with van der Waals surface area (Å²) in [5.74, 6) is 0.383. The normalized spacial score (nSPS) is 12.6. The quantitative estimate of drug-likeness (QED) is 0.478. The first-order valence-corrected chi connectivity index (χ1v) is 7.76. The largest absolute Gasteiger partial charge is 0.381 e. The Morgan fingerprint density at radius 2 is 1.94 bits per heavy atom. The second-order valence-corrected chi connectivity index (χ2v) is 5.25. The van der Waals surface area contributed by atoms with Gasteiger partial charge >= 0.3 is 0 Å². The summed E-state index contributed by atoms with van der Waals surface area (Å²) in [6.45, 7) is 3.85. The highest BCUT2D eigenvalue weighted by Gasteiger charge is 2.08. The van der Waals surface area contributed by atoms with E-state index in [2.05, 4.69) is 22.9 Å². The van der Waals surface area contributed by atoms with Crippen LogP contribution in [0, 0.1) is 11.7 Å². The molecule has 0 N–H and O–H groups in total. The van der Waals surface area contributed by atoms with Crippen LogP contribution >= 0.6 is 15.9 Å². The van der Waals surface area contributed by atoms with Crippen molar-refractivity contribution < 1.29 is 9.13 Å². The average molecular weight is 317 g/mol. The number of alkyl halides is 1. The van der Waals surface area contributed by atoms with E-state index in [0.29, 0.717) is 5.92 Å². The Morgan fingerprint density at radius 3 is 2.56 bits per heavy atom. The van der Waals surface area contributed by atoms with E-state index >= 15 is 0 Å². The highest BCUT2D eigenvalue weighted by Crippen LogP contribution is 2.15. The highest BCUT2D eigenvalue weighted by atomic mass is 79.9. The number of hydrogen-bond acceptors (Lipinski definition) is 1. The maximum absolute atomic E-state index is 12.8. The first-order chi connectivity index (χ1) is 8.76. The van der Waals surface area contributed by atoms with Gasteiger partial charge in [0.05, 0.1) is 0 Å². The Bertz CT molecular complexity index is 313. The molecule has 1 unspecified atom stereocenters. The van der Waals surface area contributed by atoms with E-state index in [1.165, 1.54) is 24.1 Å². The monoisotopic (exact) mass is 316 g/mol. The fraction of sp³-hybridized carbons (Fsp3) is 0.600. The van der Waals surface area contributed by atoms with Crippen LogP contribution in [-0.2, 0) is 11.2 Å². The van der Waals surface area contributed by atoms with Gasteiger partial charge in [-0.15, -0.1) is 0 Å². The molecule has 0 spiro atoms. The third-order valence-corrected chi connectivity index (χ3v) is 3.88. The fourth-order valence-electron chi connectivity index (χ4n) is 1.79. The summed E-state index contributed by atoms with van der Waals surface area (Å²) >= 11 is 3.54. The summed E-state index contributed by atoms with van der Waals surface area (Å²) in [5, 5.41) is 0.960. The molecule has 0 saturated heterocycles. The molecule has 1 nitrogen and oxygen atoms in total. The van der Waals surface area contributed by atoms with Gasteiger partial charge in [0.15, 0.2) is 0 Å². The third kappa shape index (κ3) is 6.50. The summed E-state index contributed by atoms with van der Waals surface area (Å²) < 4.78 is 18.4. The van der Waals surface area contributed by atoms with Gasteiger partial charge in [-0.3, -0.25) is 0 Å². The highest BCUT2D eigenvalue weighted by molar-refractivity contribution is 9.09. The summed E-state index contributed by atoms with van der Waals surface area (Å²) in [6, 6.07) is 6.78. The molecule has 0 bridgehead atoms. The summed E-state index contributed by atoms with van der Waals surface area (Å²) in [7, 11) is 0. The number of halogens is 2. The molecule has 0 aliphatic carbocycles. The van der Waals surface area contributed by atoms with Gasteiger partial charge in [-0.2, -0.15) is 0 Å². The minimum atomic E-state index is -0.169. The van der Waals surface area contributed by atoms with Gasteiger partial charge in [-0.05, 0) is 42.9 Å². The molecule has 0 fully saturated rings. The second kappa shape index (κ2) is 9.51. The van der Waals surface area contributed by atoms with Crippen LogP contribution in [-0.4, -0.2) is 18.5 Å². The van der Waals surface area contributed by atoms with Gasteiger partial charge in [0.2, 0.25) is 0 Å². The molecule has 0 radical (unpaired) electrons. The average Bonchev–Trinajstić information content (AvgIpc) is 2.39. The minimum Gasteiger partial charge on any atom is -0.381 e. The van der Waals surface area contributed by atoms with Crippen molar-refractivity contribution in [3.8, 4) is 0 Å². The Hall–Kier alpha value is -0.410. The third-order valence-electron chi connectivity index (χ3n) is 2.97. The first kappa shape index (κ1) is 15.6. The van der Waals surface area contributed by atoms with Crippen molar-refractivity contribution in [2.45, 2.75) is 32.6 Å². The van der Waals surface area contributed by atoms with Gasteiger partial charge in [0, 0.05) is 18.5 Å². The number of unbranched alkanes of at least 4 members (excludes halogenated alkanes) is 1. The fourth-order valence-corrected chi connectivity index (χ4v) is 2.34. The molecular formula is C15H22BrFO. The molecule has 0 saturated carbocycles. The van der Waals surface area contributed by atoms with Gasteiger partial charge in [-0.25, -0.2) is 4.39 Å². The van der Waals surface area contributed by atoms with Crippen molar-refractivity contribution in [1.29, 1.82) is 0 Å². The minimum absolute atomic E-state index is 0.169.